The van der Waals surface area contributed by atoms with Crippen LogP contribution in [0, 0.1) is 6.92 Å². The standard InChI is InChI=1S/C21H15ClN2O2/c1-13-9-10-14(12-17(13)22)20(25)23-16-6-4-5-15(11-16)21-24-18-7-2-3-8-19(18)26-21/h2-12H,1H3,(H,23,25). The van der Waals surface area contributed by atoms with E-state index in [9.17, 15) is 4.79 Å². The number of oxazole rings is 1. The summed E-state index contributed by atoms with van der Waals surface area (Å²) in [4.78, 5) is 16.9. The van der Waals surface area contributed by atoms with Crippen molar-refractivity contribution in [2.24, 2.45) is 0 Å². The molecular weight excluding hydrogens is 348 g/mol. The average molecular weight is 363 g/mol. The summed E-state index contributed by atoms with van der Waals surface area (Å²) in [6.45, 7) is 1.90. The van der Waals surface area contributed by atoms with Crippen molar-refractivity contribution in [1.82, 2.24) is 4.98 Å². The van der Waals surface area contributed by atoms with Crippen molar-refractivity contribution in [2.45, 2.75) is 6.92 Å². The third-order valence-electron chi connectivity index (χ3n) is 4.10. The highest BCUT2D eigenvalue weighted by molar-refractivity contribution is 6.31. The van der Waals surface area contributed by atoms with Crippen LogP contribution in [0.1, 0.15) is 15.9 Å². The molecule has 0 aliphatic heterocycles. The van der Waals surface area contributed by atoms with Gasteiger partial charge in [-0.3, -0.25) is 4.79 Å². The zero-order chi connectivity index (χ0) is 18.1. The van der Waals surface area contributed by atoms with Gasteiger partial charge in [0.2, 0.25) is 5.89 Å². The zero-order valence-electron chi connectivity index (χ0n) is 14.0. The molecule has 26 heavy (non-hydrogen) atoms. The van der Waals surface area contributed by atoms with Crippen LogP contribution in [0.25, 0.3) is 22.6 Å². The fourth-order valence-corrected chi connectivity index (χ4v) is 2.84. The Morgan fingerprint density at radius 2 is 1.88 bits per heavy atom. The lowest BCUT2D eigenvalue weighted by Gasteiger charge is -2.07. The Morgan fingerprint density at radius 1 is 1.04 bits per heavy atom. The number of aryl methyl sites for hydroxylation is 1. The molecule has 0 spiro atoms. The number of para-hydroxylation sites is 2. The van der Waals surface area contributed by atoms with Crippen LogP contribution in [0.3, 0.4) is 0 Å². The van der Waals surface area contributed by atoms with Gasteiger partial charge >= 0.3 is 0 Å². The van der Waals surface area contributed by atoms with Gasteiger partial charge in [0, 0.05) is 21.8 Å². The molecule has 4 rings (SSSR count). The Kier molecular flexibility index (Phi) is 4.19. The third kappa shape index (κ3) is 3.19. The first kappa shape index (κ1) is 16.4. The van der Waals surface area contributed by atoms with Crippen LogP contribution in [0.5, 0.6) is 0 Å². The minimum Gasteiger partial charge on any atom is -0.436 e. The molecule has 0 radical (unpaired) electrons. The van der Waals surface area contributed by atoms with Crippen LogP contribution in [-0.4, -0.2) is 10.9 Å². The molecule has 0 atom stereocenters. The fraction of sp³-hybridized carbons (Fsp3) is 0.0476. The van der Waals surface area contributed by atoms with E-state index in [1.165, 1.54) is 0 Å². The van der Waals surface area contributed by atoms with Crippen molar-refractivity contribution in [3.63, 3.8) is 0 Å². The Bertz CT molecular complexity index is 1080. The molecule has 0 saturated heterocycles. The number of halogens is 1. The largest absolute Gasteiger partial charge is 0.436 e. The number of hydrogen-bond donors (Lipinski definition) is 1. The van der Waals surface area contributed by atoms with Crippen LogP contribution >= 0.6 is 11.6 Å². The van der Waals surface area contributed by atoms with Crippen molar-refractivity contribution >= 4 is 34.3 Å². The Hall–Kier alpha value is -3.11. The summed E-state index contributed by atoms with van der Waals surface area (Å²) in [6, 6.07) is 20.2. The highest BCUT2D eigenvalue weighted by atomic mass is 35.5. The summed E-state index contributed by atoms with van der Waals surface area (Å²) in [5, 5.41) is 3.45. The van der Waals surface area contributed by atoms with E-state index >= 15 is 0 Å². The molecular formula is C21H15ClN2O2. The topological polar surface area (TPSA) is 55.1 Å². The number of carbonyl (C=O) groups excluding carboxylic acids is 1. The number of anilines is 1. The van der Waals surface area contributed by atoms with Gasteiger partial charge in [-0.2, -0.15) is 0 Å². The third-order valence-corrected chi connectivity index (χ3v) is 4.50. The van der Waals surface area contributed by atoms with Crippen molar-refractivity contribution in [1.29, 1.82) is 0 Å². The van der Waals surface area contributed by atoms with Crippen LogP contribution < -0.4 is 5.32 Å². The normalized spacial score (nSPS) is 10.8. The van der Waals surface area contributed by atoms with Crippen molar-refractivity contribution in [2.75, 3.05) is 5.32 Å². The minimum absolute atomic E-state index is 0.221. The number of fused-ring (bicyclic) bond motifs is 1. The number of hydrogen-bond acceptors (Lipinski definition) is 3. The number of benzene rings is 3. The van der Waals surface area contributed by atoms with Gasteiger partial charge in [-0.15, -0.1) is 0 Å². The first-order chi connectivity index (χ1) is 12.6. The Labute approximate surface area is 155 Å². The van der Waals surface area contributed by atoms with Crippen LogP contribution in [0.4, 0.5) is 5.69 Å². The van der Waals surface area contributed by atoms with Gasteiger partial charge in [-0.25, -0.2) is 4.98 Å². The van der Waals surface area contributed by atoms with E-state index in [1.807, 2.05) is 61.5 Å². The van der Waals surface area contributed by atoms with Gasteiger partial charge in [0.15, 0.2) is 5.58 Å². The number of nitrogens with zero attached hydrogens (tertiary/aromatic N) is 1. The van der Waals surface area contributed by atoms with Gasteiger partial charge < -0.3 is 9.73 Å². The van der Waals surface area contributed by atoms with Gasteiger partial charge in [0.25, 0.3) is 5.91 Å². The summed E-state index contributed by atoms with van der Waals surface area (Å²) < 4.78 is 5.79. The maximum Gasteiger partial charge on any atom is 0.255 e. The van der Waals surface area contributed by atoms with E-state index < -0.39 is 0 Å². The number of aromatic nitrogens is 1. The molecule has 0 aliphatic carbocycles. The smallest absolute Gasteiger partial charge is 0.255 e. The summed E-state index contributed by atoms with van der Waals surface area (Å²) in [6.07, 6.45) is 0. The molecule has 3 aromatic carbocycles. The number of nitrogens with one attached hydrogen (secondary N) is 1. The molecule has 1 aromatic heterocycles. The lowest BCUT2D eigenvalue weighted by Crippen LogP contribution is -2.11. The molecule has 1 heterocycles. The molecule has 0 aliphatic rings. The molecule has 0 saturated carbocycles. The molecule has 5 heteroatoms. The summed E-state index contributed by atoms with van der Waals surface area (Å²) >= 11 is 6.10. The lowest BCUT2D eigenvalue weighted by molar-refractivity contribution is 0.102. The van der Waals surface area contributed by atoms with Crippen molar-refractivity contribution in [3.05, 3.63) is 82.9 Å². The molecule has 4 aromatic rings. The highest BCUT2D eigenvalue weighted by Crippen LogP contribution is 2.26. The van der Waals surface area contributed by atoms with E-state index in [0.717, 1.165) is 22.2 Å². The monoisotopic (exact) mass is 362 g/mol. The average Bonchev–Trinajstić information content (AvgIpc) is 3.08. The summed E-state index contributed by atoms with van der Waals surface area (Å²) in [5.41, 5.74) is 4.42. The molecule has 0 unspecified atom stereocenters. The molecule has 0 fully saturated rings. The van der Waals surface area contributed by atoms with Crippen molar-refractivity contribution in [3.8, 4) is 11.5 Å². The first-order valence-corrected chi connectivity index (χ1v) is 8.51. The van der Waals surface area contributed by atoms with E-state index in [2.05, 4.69) is 10.3 Å². The number of carbonyl (C=O) groups is 1. The maximum absolute atomic E-state index is 12.5. The van der Waals surface area contributed by atoms with E-state index in [4.69, 9.17) is 16.0 Å². The van der Waals surface area contributed by atoms with Crippen LogP contribution in [-0.2, 0) is 0 Å². The van der Waals surface area contributed by atoms with Crippen LogP contribution in [0.2, 0.25) is 5.02 Å². The first-order valence-electron chi connectivity index (χ1n) is 8.14. The second kappa shape index (κ2) is 6.65. The number of rotatable bonds is 3. The second-order valence-corrected chi connectivity index (χ2v) is 6.39. The molecule has 1 amide bonds. The van der Waals surface area contributed by atoms with Gasteiger partial charge in [-0.1, -0.05) is 35.9 Å². The Morgan fingerprint density at radius 3 is 2.69 bits per heavy atom. The summed E-state index contributed by atoms with van der Waals surface area (Å²) in [5.74, 6) is 0.294. The van der Waals surface area contributed by atoms with Gasteiger partial charge in [-0.05, 0) is 55.0 Å². The van der Waals surface area contributed by atoms with Crippen LogP contribution in [0.15, 0.2) is 71.1 Å². The predicted octanol–water partition coefficient (Wildman–Crippen LogP) is 5.71. The molecule has 4 nitrogen and oxygen atoms in total. The SMILES string of the molecule is Cc1ccc(C(=O)Nc2cccc(-c3nc4ccccc4o3)c2)cc1Cl. The minimum atomic E-state index is -0.221. The Balaban J connectivity index is 1.61. The molecule has 0 bridgehead atoms. The molecule has 128 valence electrons. The van der Waals surface area contributed by atoms with Crippen molar-refractivity contribution < 1.29 is 9.21 Å². The predicted molar refractivity (Wildman–Crippen MR) is 104 cm³/mol. The zero-order valence-corrected chi connectivity index (χ0v) is 14.7. The quantitative estimate of drug-likeness (QED) is 0.508. The highest BCUT2D eigenvalue weighted by Gasteiger charge is 2.11. The lowest BCUT2D eigenvalue weighted by atomic mass is 10.1. The number of amides is 1. The van der Waals surface area contributed by atoms with Gasteiger partial charge in [0.1, 0.15) is 5.52 Å². The van der Waals surface area contributed by atoms with E-state index in [-0.39, 0.29) is 5.91 Å². The summed E-state index contributed by atoms with van der Waals surface area (Å²) in [7, 11) is 0. The maximum atomic E-state index is 12.5. The van der Waals surface area contributed by atoms with E-state index in [1.54, 1.807) is 12.1 Å². The van der Waals surface area contributed by atoms with Gasteiger partial charge in [0.05, 0.1) is 0 Å². The fourth-order valence-electron chi connectivity index (χ4n) is 2.66. The second-order valence-electron chi connectivity index (χ2n) is 5.99. The van der Waals surface area contributed by atoms with E-state index in [0.29, 0.717) is 22.2 Å². The molecule has 1 N–H and O–H groups in total.